The average Bonchev–Trinajstić information content (AvgIpc) is 2.42. The number of thiophene rings is 1. The molecular weight excluding hydrogens is 228 g/mol. The van der Waals surface area contributed by atoms with E-state index in [-0.39, 0.29) is 0 Å². The van der Waals surface area contributed by atoms with Crippen LogP contribution in [0, 0.1) is 13.8 Å². The van der Waals surface area contributed by atoms with Crippen LogP contribution in [0.1, 0.15) is 36.0 Å². The molecule has 0 aliphatic carbocycles. The van der Waals surface area contributed by atoms with Gasteiger partial charge in [0.05, 0.1) is 5.39 Å². The Bertz CT molecular complexity index is 517. The van der Waals surface area contributed by atoms with Crippen LogP contribution < -0.4 is 0 Å². The normalized spacial score (nSPS) is 11.6. The molecule has 0 aliphatic rings. The molecule has 4 heteroatoms. The molecule has 0 aliphatic heterocycles. The van der Waals surface area contributed by atoms with E-state index >= 15 is 0 Å². The number of aromatic nitrogens is 2. The first-order valence-electron chi connectivity index (χ1n) is 4.94. The first-order chi connectivity index (χ1) is 7.00. The number of hydrogen-bond acceptors (Lipinski definition) is 3. The molecular formula is C11H13ClN2S. The van der Waals surface area contributed by atoms with Crippen LogP contribution >= 0.6 is 22.9 Å². The molecule has 0 N–H and O–H groups in total. The average molecular weight is 241 g/mol. The van der Waals surface area contributed by atoms with Gasteiger partial charge in [-0.15, -0.1) is 11.3 Å². The van der Waals surface area contributed by atoms with Gasteiger partial charge in [-0.3, -0.25) is 0 Å². The van der Waals surface area contributed by atoms with Gasteiger partial charge in [0.25, 0.3) is 0 Å². The molecule has 0 aromatic carbocycles. The summed E-state index contributed by atoms with van der Waals surface area (Å²) in [5.41, 5.74) is 1.20. The van der Waals surface area contributed by atoms with Crippen LogP contribution in [0.15, 0.2) is 0 Å². The molecule has 0 fully saturated rings. The number of rotatable bonds is 1. The highest BCUT2D eigenvalue weighted by Gasteiger charge is 2.14. The zero-order valence-corrected chi connectivity index (χ0v) is 10.8. The fourth-order valence-corrected chi connectivity index (χ4v) is 2.88. The van der Waals surface area contributed by atoms with E-state index < -0.39 is 0 Å². The minimum atomic E-state index is 0.314. The van der Waals surface area contributed by atoms with Crippen LogP contribution in [0.25, 0.3) is 10.2 Å². The van der Waals surface area contributed by atoms with E-state index in [4.69, 9.17) is 11.6 Å². The SMILES string of the molecule is Cc1sc2nc(C(C)C)nc(Cl)c2c1C. The van der Waals surface area contributed by atoms with Gasteiger partial charge < -0.3 is 0 Å². The topological polar surface area (TPSA) is 25.8 Å². The van der Waals surface area contributed by atoms with Crippen molar-refractivity contribution in [2.45, 2.75) is 33.6 Å². The second kappa shape index (κ2) is 3.72. The summed E-state index contributed by atoms with van der Waals surface area (Å²) in [6.07, 6.45) is 0. The second-order valence-corrected chi connectivity index (χ2v) is 5.55. The fourth-order valence-electron chi connectivity index (χ4n) is 1.47. The van der Waals surface area contributed by atoms with Crippen LogP contribution in [-0.2, 0) is 0 Å². The Morgan fingerprint density at radius 3 is 2.47 bits per heavy atom. The fraction of sp³-hybridized carbons (Fsp3) is 0.455. The highest BCUT2D eigenvalue weighted by atomic mass is 35.5. The third-order valence-electron chi connectivity index (χ3n) is 2.52. The molecule has 0 saturated heterocycles. The van der Waals surface area contributed by atoms with Crippen LogP contribution in [0.3, 0.4) is 0 Å². The first-order valence-corrected chi connectivity index (χ1v) is 6.13. The lowest BCUT2D eigenvalue weighted by atomic mass is 10.2. The number of fused-ring (bicyclic) bond motifs is 1. The molecule has 0 saturated carbocycles. The van der Waals surface area contributed by atoms with Crippen LogP contribution in [0.4, 0.5) is 0 Å². The predicted octanol–water partition coefficient (Wildman–Crippen LogP) is 4.08. The van der Waals surface area contributed by atoms with Gasteiger partial charge in [0.2, 0.25) is 0 Å². The minimum Gasteiger partial charge on any atom is -0.222 e. The van der Waals surface area contributed by atoms with Crippen molar-refractivity contribution < 1.29 is 0 Å². The summed E-state index contributed by atoms with van der Waals surface area (Å²) < 4.78 is 0. The molecule has 0 unspecified atom stereocenters. The smallest absolute Gasteiger partial charge is 0.141 e. The van der Waals surface area contributed by atoms with Gasteiger partial charge in [-0.25, -0.2) is 9.97 Å². The number of hydrogen-bond donors (Lipinski definition) is 0. The van der Waals surface area contributed by atoms with E-state index in [1.54, 1.807) is 11.3 Å². The molecule has 2 nitrogen and oxygen atoms in total. The first kappa shape index (κ1) is 10.8. The van der Waals surface area contributed by atoms with Gasteiger partial charge in [-0.05, 0) is 19.4 Å². The molecule has 0 amide bonds. The maximum atomic E-state index is 6.18. The monoisotopic (exact) mass is 240 g/mol. The van der Waals surface area contributed by atoms with Crippen molar-refractivity contribution in [2.75, 3.05) is 0 Å². The number of nitrogens with zero attached hydrogens (tertiary/aromatic N) is 2. The van der Waals surface area contributed by atoms with Crippen molar-refractivity contribution in [1.82, 2.24) is 9.97 Å². The standard InChI is InChI=1S/C11H13ClN2S/c1-5(2)10-13-9(12)8-6(3)7(4)15-11(8)14-10/h5H,1-4H3. The zero-order valence-electron chi connectivity index (χ0n) is 9.26. The highest BCUT2D eigenvalue weighted by molar-refractivity contribution is 7.18. The Hall–Kier alpha value is -0.670. The van der Waals surface area contributed by atoms with Gasteiger partial charge in [0.15, 0.2) is 0 Å². The molecule has 0 atom stereocenters. The van der Waals surface area contributed by atoms with E-state index in [1.165, 1.54) is 10.4 Å². The minimum absolute atomic E-state index is 0.314. The maximum Gasteiger partial charge on any atom is 0.141 e. The van der Waals surface area contributed by atoms with Crippen molar-refractivity contribution >= 4 is 33.2 Å². The number of halogens is 1. The van der Waals surface area contributed by atoms with Crippen molar-refractivity contribution in [1.29, 1.82) is 0 Å². The van der Waals surface area contributed by atoms with Crippen molar-refractivity contribution in [3.8, 4) is 0 Å². The Balaban J connectivity index is 2.78. The van der Waals surface area contributed by atoms with Crippen molar-refractivity contribution in [3.05, 3.63) is 21.4 Å². The van der Waals surface area contributed by atoms with E-state index in [0.29, 0.717) is 11.1 Å². The van der Waals surface area contributed by atoms with E-state index in [2.05, 4.69) is 37.7 Å². The van der Waals surface area contributed by atoms with Crippen LogP contribution in [-0.4, -0.2) is 9.97 Å². The van der Waals surface area contributed by atoms with Crippen molar-refractivity contribution in [3.63, 3.8) is 0 Å². The Morgan fingerprint density at radius 2 is 1.87 bits per heavy atom. The Morgan fingerprint density at radius 1 is 1.20 bits per heavy atom. The third kappa shape index (κ3) is 1.74. The van der Waals surface area contributed by atoms with Gasteiger partial charge in [-0.2, -0.15) is 0 Å². The van der Waals surface area contributed by atoms with E-state index in [9.17, 15) is 0 Å². The Labute approximate surface area is 98.3 Å². The molecule has 80 valence electrons. The van der Waals surface area contributed by atoms with E-state index in [0.717, 1.165) is 16.0 Å². The van der Waals surface area contributed by atoms with Gasteiger partial charge in [0, 0.05) is 10.8 Å². The summed E-state index contributed by atoms with van der Waals surface area (Å²) in [6, 6.07) is 0. The molecule has 15 heavy (non-hydrogen) atoms. The highest BCUT2D eigenvalue weighted by Crippen LogP contribution is 2.33. The van der Waals surface area contributed by atoms with Crippen LogP contribution in [0.2, 0.25) is 5.15 Å². The molecule has 2 aromatic rings. The predicted molar refractivity (Wildman–Crippen MR) is 66.0 cm³/mol. The molecule has 0 bridgehead atoms. The van der Waals surface area contributed by atoms with E-state index in [1.807, 2.05) is 0 Å². The molecule has 2 heterocycles. The summed E-state index contributed by atoms with van der Waals surface area (Å²) in [7, 11) is 0. The second-order valence-electron chi connectivity index (χ2n) is 3.99. The quantitative estimate of drug-likeness (QED) is 0.702. The maximum absolute atomic E-state index is 6.18. The molecule has 0 spiro atoms. The summed E-state index contributed by atoms with van der Waals surface area (Å²) in [5, 5.41) is 1.61. The molecule has 0 radical (unpaired) electrons. The summed E-state index contributed by atoms with van der Waals surface area (Å²) in [4.78, 5) is 11.2. The largest absolute Gasteiger partial charge is 0.222 e. The zero-order chi connectivity index (χ0) is 11.2. The summed E-state index contributed by atoms with van der Waals surface area (Å²) >= 11 is 7.87. The lowest BCUT2D eigenvalue weighted by Crippen LogP contribution is -1.97. The summed E-state index contributed by atoms with van der Waals surface area (Å²) in [5.74, 6) is 1.14. The van der Waals surface area contributed by atoms with Gasteiger partial charge >= 0.3 is 0 Å². The summed E-state index contributed by atoms with van der Waals surface area (Å²) in [6.45, 7) is 8.31. The van der Waals surface area contributed by atoms with Gasteiger partial charge in [0.1, 0.15) is 15.8 Å². The lowest BCUT2D eigenvalue weighted by molar-refractivity contribution is 0.784. The van der Waals surface area contributed by atoms with Crippen molar-refractivity contribution in [2.24, 2.45) is 0 Å². The molecule has 2 rings (SSSR count). The number of aryl methyl sites for hydroxylation is 2. The Kier molecular flexibility index (Phi) is 2.69. The van der Waals surface area contributed by atoms with Gasteiger partial charge in [-0.1, -0.05) is 25.4 Å². The third-order valence-corrected chi connectivity index (χ3v) is 3.89. The van der Waals surface area contributed by atoms with Crippen LogP contribution in [0.5, 0.6) is 0 Å². The molecule has 2 aromatic heterocycles. The lowest BCUT2D eigenvalue weighted by Gasteiger charge is -2.04.